The van der Waals surface area contributed by atoms with Gasteiger partial charge in [0.25, 0.3) is 5.91 Å². The Morgan fingerprint density at radius 3 is 1.44 bits per heavy atom. The van der Waals surface area contributed by atoms with Gasteiger partial charge in [-0.05, 0) is 118 Å². The van der Waals surface area contributed by atoms with E-state index in [9.17, 15) is 29.7 Å². The van der Waals surface area contributed by atoms with E-state index < -0.39 is 63.4 Å². The molecule has 2 aromatic carbocycles. The Bertz CT molecular complexity index is 1560. The molecule has 52 heavy (non-hydrogen) atoms. The Morgan fingerprint density at radius 2 is 1.06 bits per heavy atom. The molecule has 9 nitrogen and oxygen atoms in total. The van der Waals surface area contributed by atoms with Crippen LogP contribution in [0.15, 0.2) is 48.5 Å². The van der Waals surface area contributed by atoms with Crippen LogP contribution in [0.3, 0.4) is 0 Å². The number of amides is 2. The number of carboxylic acid groups (broad SMARTS) is 2. The van der Waals surface area contributed by atoms with Crippen LogP contribution in [0.25, 0.3) is 0 Å². The van der Waals surface area contributed by atoms with Gasteiger partial charge in [-0.2, -0.15) is 0 Å². The molecule has 3 atom stereocenters. The maximum atomic E-state index is 15.4. The fourth-order valence-electron chi connectivity index (χ4n) is 6.95. The first kappa shape index (κ1) is 44.4. The second-order valence-corrected chi connectivity index (χ2v) is 19.9. The maximum Gasteiger partial charge on any atom is 0.307 e. The number of imide groups is 1. The predicted molar refractivity (Wildman–Crippen MR) is 209 cm³/mol. The molecule has 0 bridgehead atoms. The van der Waals surface area contributed by atoms with Crippen LogP contribution < -0.4 is 10.2 Å². The van der Waals surface area contributed by atoms with E-state index in [4.69, 9.17) is 0 Å². The number of carbonyl (C=O) groups excluding carboxylic acids is 2. The van der Waals surface area contributed by atoms with Crippen molar-refractivity contribution in [1.82, 2.24) is 0 Å². The zero-order chi connectivity index (χ0) is 40.4. The molecule has 0 aliphatic heterocycles. The summed E-state index contributed by atoms with van der Waals surface area (Å²) in [6.45, 7) is 28.3. The van der Waals surface area contributed by atoms with Gasteiger partial charge in [0.05, 0.1) is 23.1 Å². The quantitative estimate of drug-likeness (QED) is 0.151. The first-order valence-corrected chi connectivity index (χ1v) is 18.3. The van der Waals surface area contributed by atoms with Gasteiger partial charge in [0.15, 0.2) is 0 Å². The molecule has 0 saturated carbocycles. The number of rotatable bonds is 14. The van der Waals surface area contributed by atoms with Crippen molar-refractivity contribution in [2.45, 2.75) is 134 Å². The minimum absolute atomic E-state index is 0.0187. The van der Waals surface area contributed by atoms with Crippen LogP contribution in [-0.4, -0.2) is 44.6 Å². The monoisotopic (exact) mass is 722 g/mol. The van der Waals surface area contributed by atoms with Gasteiger partial charge in [0.2, 0.25) is 5.91 Å². The molecule has 4 N–H and O–H groups in total. The van der Waals surface area contributed by atoms with E-state index in [0.29, 0.717) is 17.7 Å². The van der Waals surface area contributed by atoms with E-state index in [1.165, 1.54) is 0 Å². The zero-order valence-corrected chi connectivity index (χ0v) is 34.4. The van der Waals surface area contributed by atoms with Gasteiger partial charge in [-0.25, -0.2) is 4.90 Å². The molecule has 0 fully saturated rings. The van der Waals surface area contributed by atoms with Gasteiger partial charge in [0, 0.05) is 22.7 Å². The summed E-state index contributed by atoms with van der Waals surface area (Å²) in [4.78, 5) is 57.1. The summed E-state index contributed by atoms with van der Waals surface area (Å²) in [5, 5.41) is 35.2. The number of carbonyl (C=O) groups is 4. The van der Waals surface area contributed by atoms with Gasteiger partial charge in [-0.15, -0.1) is 0 Å². The van der Waals surface area contributed by atoms with Crippen LogP contribution in [-0.2, 0) is 20.0 Å². The van der Waals surface area contributed by atoms with Crippen molar-refractivity contribution in [2.24, 2.45) is 39.4 Å². The Hall–Kier alpha value is -3.72. The number of benzene rings is 2. The van der Waals surface area contributed by atoms with Crippen molar-refractivity contribution >= 4 is 35.1 Å². The van der Waals surface area contributed by atoms with Gasteiger partial charge < -0.3 is 20.6 Å². The van der Waals surface area contributed by atoms with Gasteiger partial charge >= 0.3 is 11.9 Å². The number of carboxylic acids is 2. The number of hydrogen-bond donors (Lipinski definition) is 4. The van der Waals surface area contributed by atoms with Crippen molar-refractivity contribution in [2.75, 3.05) is 10.2 Å². The third kappa shape index (κ3) is 12.2. The second kappa shape index (κ2) is 15.7. The lowest BCUT2D eigenvalue weighted by molar-refractivity contribution is -0.155. The minimum Gasteiger partial charge on any atom is -0.481 e. The summed E-state index contributed by atoms with van der Waals surface area (Å²) in [6.07, 6.45) is 0.605. The average Bonchev–Trinajstić information content (AvgIpc) is 2.96. The summed E-state index contributed by atoms with van der Waals surface area (Å²) in [5.74, 6) is -6.20. The highest BCUT2D eigenvalue weighted by atomic mass is 16.4. The van der Waals surface area contributed by atoms with Crippen LogP contribution in [0.2, 0.25) is 0 Å². The molecule has 0 aliphatic carbocycles. The van der Waals surface area contributed by atoms with Crippen molar-refractivity contribution in [3.05, 3.63) is 59.7 Å². The summed E-state index contributed by atoms with van der Waals surface area (Å²) in [6, 6.07) is 13.4. The van der Waals surface area contributed by atoms with Gasteiger partial charge in [-0.1, -0.05) is 81.4 Å². The largest absolute Gasteiger partial charge is 0.481 e. The normalized spacial score (nSPS) is 15.0. The topological polar surface area (TPSA) is 144 Å². The van der Waals surface area contributed by atoms with Crippen molar-refractivity contribution in [3.8, 4) is 0 Å². The third-order valence-electron chi connectivity index (χ3n) is 9.90. The molecule has 2 aromatic rings. The van der Waals surface area contributed by atoms with Gasteiger partial charge in [-0.3, -0.25) is 19.2 Å². The van der Waals surface area contributed by atoms with E-state index in [1.54, 1.807) is 76.2 Å². The fourth-order valence-corrected chi connectivity index (χ4v) is 6.95. The molecule has 0 aliphatic rings. The van der Waals surface area contributed by atoms with Crippen LogP contribution >= 0.6 is 0 Å². The van der Waals surface area contributed by atoms with Crippen molar-refractivity contribution < 1.29 is 34.5 Å². The van der Waals surface area contributed by atoms with Crippen molar-refractivity contribution in [1.29, 1.82) is 0 Å². The minimum atomic E-state index is -1.23. The first-order chi connectivity index (χ1) is 23.3. The summed E-state index contributed by atoms with van der Waals surface area (Å²) >= 11 is 0. The number of aliphatic carboxylic acids is 2. The molecule has 2 rings (SSSR count). The fraction of sp³-hybridized carbons (Fsp3) is 0.628. The van der Waals surface area contributed by atoms with Crippen LogP contribution in [0.1, 0.15) is 139 Å². The molecular formula is C43H66N2O7. The molecule has 0 saturated heterocycles. The van der Waals surface area contributed by atoms with E-state index in [2.05, 4.69) is 5.32 Å². The Kier molecular flexibility index (Phi) is 13.4. The van der Waals surface area contributed by atoms with Crippen molar-refractivity contribution in [3.63, 3.8) is 0 Å². The van der Waals surface area contributed by atoms with E-state index in [1.807, 2.05) is 76.2 Å². The van der Waals surface area contributed by atoms with Crippen LogP contribution in [0.4, 0.5) is 11.4 Å². The van der Waals surface area contributed by atoms with E-state index in [-0.39, 0.29) is 29.4 Å². The molecule has 2 amide bonds. The molecule has 0 aromatic heterocycles. The van der Waals surface area contributed by atoms with E-state index in [0.717, 1.165) is 10.6 Å². The van der Waals surface area contributed by atoms with Gasteiger partial charge in [0.1, 0.15) is 0 Å². The number of anilines is 2. The van der Waals surface area contributed by atoms with Crippen LogP contribution in [0, 0.1) is 39.4 Å². The number of aliphatic hydroxyl groups is 1. The Labute approximate surface area is 312 Å². The smallest absolute Gasteiger partial charge is 0.307 e. The summed E-state index contributed by atoms with van der Waals surface area (Å²) in [7, 11) is 0. The molecule has 9 heteroatoms. The predicted octanol–water partition coefficient (Wildman–Crippen LogP) is 9.63. The maximum absolute atomic E-state index is 15.4. The summed E-state index contributed by atoms with van der Waals surface area (Å²) in [5.41, 5.74) is -2.49. The number of hydrogen-bond acceptors (Lipinski definition) is 6. The highest BCUT2D eigenvalue weighted by Crippen LogP contribution is 2.50. The third-order valence-corrected chi connectivity index (χ3v) is 9.90. The summed E-state index contributed by atoms with van der Waals surface area (Å²) < 4.78 is 0. The second-order valence-electron chi connectivity index (χ2n) is 19.9. The highest BCUT2D eigenvalue weighted by molar-refractivity contribution is 6.21. The molecular weight excluding hydrogens is 656 g/mol. The highest BCUT2D eigenvalue weighted by Gasteiger charge is 2.52. The lowest BCUT2D eigenvalue weighted by Crippen LogP contribution is -2.51. The Morgan fingerprint density at radius 1 is 0.615 bits per heavy atom. The average molecular weight is 723 g/mol. The molecule has 0 spiro atoms. The molecule has 3 unspecified atom stereocenters. The molecule has 0 radical (unpaired) electrons. The number of nitrogens with zero attached hydrogens (tertiary/aromatic N) is 1. The first-order valence-electron chi connectivity index (χ1n) is 18.3. The van der Waals surface area contributed by atoms with Crippen LogP contribution in [0.5, 0.6) is 0 Å². The molecule has 0 heterocycles. The Balaban J connectivity index is 2.93. The lowest BCUT2D eigenvalue weighted by Gasteiger charge is -2.46. The number of nitrogens with one attached hydrogen (secondary N) is 1. The standard InChI is InChI=1S/C43H66N2O7/c1-38(2,3)24-32(36(48)49)41(10,11)26-31(42(12,13)33(37(50)51)25-39(4,5)6)35(47)45(30-22-20-29(21-23-30)44-40(7,8)9)34(46)27-16-18-28(19-17-27)43(14,15)52/h16-23,31-33,44,52H,24-26H2,1-15H3,(H,48,49)(H,50,51). The SMILES string of the molecule is CC(C)(C)CC(C(=O)O)C(C)(C)CC(C(=O)N(C(=O)c1ccc(C(C)(C)O)cc1)c1ccc(NC(C)(C)C)cc1)C(C)(C)C(CC(C)(C)C)C(=O)O. The molecule has 290 valence electrons. The lowest BCUT2D eigenvalue weighted by atomic mass is 9.58. The van der Waals surface area contributed by atoms with E-state index >= 15 is 4.79 Å². The zero-order valence-electron chi connectivity index (χ0n) is 34.4.